The first-order valence-corrected chi connectivity index (χ1v) is 8.38. The first-order chi connectivity index (χ1) is 12.4. The summed E-state index contributed by atoms with van der Waals surface area (Å²) in [7, 11) is 0. The quantitative estimate of drug-likeness (QED) is 0.672. The zero-order valence-electron chi connectivity index (χ0n) is 14.1. The van der Waals surface area contributed by atoms with Gasteiger partial charge in [-0.3, -0.25) is 9.59 Å². The number of halogens is 1. The van der Waals surface area contributed by atoms with Crippen molar-refractivity contribution >= 4 is 23.3 Å². The molecule has 7 nitrogen and oxygen atoms in total. The van der Waals surface area contributed by atoms with Gasteiger partial charge in [-0.2, -0.15) is 9.50 Å². The van der Waals surface area contributed by atoms with E-state index in [1.165, 1.54) is 4.52 Å². The number of rotatable bonds is 6. The van der Waals surface area contributed by atoms with Crippen LogP contribution in [0.1, 0.15) is 17.7 Å². The zero-order chi connectivity index (χ0) is 18.8. The van der Waals surface area contributed by atoms with Crippen LogP contribution in [0, 0.1) is 6.92 Å². The number of carboxylic acid groups (broad SMARTS) is 1. The van der Waals surface area contributed by atoms with E-state index in [4.69, 9.17) is 16.7 Å². The Labute approximate surface area is 154 Å². The Kier molecular flexibility index (Phi) is 4.90. The lowest BCUT2D eigenvalue weighted by atomic mass is 10.1. The highest BCUT2D eigenvalue weighted by Crippen LogP contribution is 2.20. The molecule has 1 aromatic carbocycles. The maximum atomic E-state index is 12.8. The molecule has 0 aliphatic heterocycles. The molecule has 0 fully saturated rings. The zero-order valence-corrected chi connectivity index (χ0v) is 14.9. The number of hydrogen-bond donors (Lipinski definition) is 1. The Morgan fingerprint density at radius 1 is 1.35 bits per heavy atom. The molecule has 0 atom stereocenters. The van der Waals surface area contributed by atoms with Gasteiger partial charge >= 0.3 is 5.97 Å². The van der Waals surface area contributed by atoms with Gasteiger partial charge in [-0.05, 0) is 37.6 Å². The number of hydrogen-bond acceptors (Lipinski definition) is 4. The van der Waals surface area contributed by atoms with E-state index in [0.29, 0.717) is 34.4 Å². The second kappa shape index (κ2) is 7.13. The predicted octanol–water partition coefficient (Wildman–Crippen LogP) is 2.72. The molecule has 0 saturated heterocycles. The SMILES string of the molecule is C=CCn1c(C)c(CCC(=O)O)c(=O)n2nc(-c3ccc(Cl)cc3)nc12. The number of aliphatic carboxylic acids is 1. The molecular weight excluding hydrogens is 356 g/mol. The second-order valence-corrected chi connectivity index (χ2v) is 6.25. The summed E-state index contributed by atoms with van der Waals surface area (Å²) >= 11 is 5.91. The number of carbonyl (C=O) groups is 1. The highest BCUT2D eigenvalue weighted by Gasteiger charge is 2.18. The molecular formula is C18H17ClN4O3. The van der Waals surface area contributed by atoms with E-state index in [1.54, 1.807) is 41.8 Å². The molecule has 3 rings (SSSR count). The Balaban J connectivity index is 2.22. The lowest BCUT2D eigenvalue weighted by molar-refractivity contribution is -0.136. The minimum absolute atomic E-state index is 0.128. The van der Waals surface area contributed by atoms with Crippen molar-refractivity contribution in [3.63, 3.8) is 0 Å². The van der Waals surface area contributed by atoms with E-state index >= 15 is 0 Å². The molecule has 2 aromatic heterocycles. The van der Waals surface area contributed by atoms with Gasteiger partial charge in [-0.15, -0.1) is 11.7 Å². The van der Waals surface area contributed by atoms with Crippen molar-refractivity contribution in [2.24, 2.45) is 0 Å². The molecule has 0 radical (unpaired) electrons. The molecule has 1 N–H and O–H groups in total. The number of fused-ring (bicyclic) bond motifs is 1. The van der Waals surface area contributed by atoms with Gasteiger partial charge in [0.1, 0.15) is 0 Å². The van der Waals surface area contributed by atoms with E-state index in [-0.39, 0.29) is 18.4 Å². The average Bonchev–Trinajstić information content (AvgIpc) is 3.04. The Morgan fingerprint density at radius 2 is 2.04 bits per heavy atom. The fraction of sp³-hybridized carbons (Fsp3) is 0.222. The molecule has 0 aliphatic carbocycles. The number of benzene rings is 1. The third kappa shape index (κ3) is 3.25. The number of allylic oxidation sites excluding steroid dienone is 1. The van der Waals surface area contributed by atoms with E-state index in [9.17, 15) is 9.59 Å². The topological polar surface area (TPSA) is 89.5 Å². The summed E-state index contributed by atoms with van der Waals surface area (Å²) < 4.78 is 3.02. The summed E-state index contributed by atoms with van der Waals surface area (Å²) in [4.78, 5) is 28.2. The van der Waals surface area contributed by atoms with Crippen LogP contribution < -0.4 is 5.56 Å². The normalized spacial score (nSPS) is 11.0. The van der Waals surface area contributed by atoms with Gasteiger partial charge in [-0.25, -0.2) is 0 Å². The predicted molar refractivity (Wildman–Crippen MR) is 98.6 cm³/mol. The molecule has 26 heavy (non-hydrogen) atoms. The van der Waals surface area contributed by atoms with Gasteiger partial charge in [0.15, 0.2) is 5.82 Å². The van der Waals surface area contributed by atoms with E-state index in [2.05, 4.69) is 16.7 Å². The average molecular weight is 373 g/mol. The van der Waals surface area contributed by atoms with Crippen LogP contribution >= 0.6 is 11.6 Å². The molecule has 0 aliphatic rings. The summed E-state index contributed by atoms with van der Waals surface area (Å²) in [5.41, 5.74) is 1.45. The maximum Gasteiger partial charge on any atom is 0.303 e. The lowest BCUT2D eigenvalue weighted by Gasteiger charge is -2.13. The summed E-state index contributed by atoms with van der Waals surface area (Å²) in [5, 5.41) is 13.9. The van der Waals surface area contributed by atoms with Crippen molar-refractivity contribution in [3.05, 3.63) is 63.6 Å². The van der Waals surface area contributed by atoms with Crippen molar-refractivity contribution in [2.75, 3.05) is 0 Å². The van der Waals surface area contributed by atoms with Crippen molar-refractivity contribution in [2.45, 2.75) is 26.3 Å². The molecule has 0 spiro atoms. The highest BCUT2D eigenvalue weighted by molar-refractivity contribution is 6.30. The van der Waals surface area contributed by atoms with E-state index in [1.807, 2.05) is 0 Å². The van der Waals surface area contributed by atoms with Crippen LogP contribution in [0.4, 0.5) is 0 Å². The van der Waals surface area contributed by atoms with Crippen LogP contribution in [0.15, 0.2) is 41.7 Å². The molecule has 0 amide bonds. The summed E-state index contributed by atoms with van der Waals surface area (Å²) in [5.74, 6) is -0.178. The molecule has 8 heteroatoms. The molecule has 2 heterocycles. The van der Waals surface area contributed by atoms with Crippen molar-refractivity contribution in [1.29, 1.82) is 0 Å². The standard InChI is InChI=1S/C18H17ClN4O3/c1-3-10-22-11(2)14(8-9-15(24)25)17(26)23-18(22)20-16(21-23)12-4-6-13(19)7-5-12/h3-7H,1,8-10H2,2H3,(H,24,25). The largest absolute Gasteiger partial charge is 0.481 e. The summed E-state index contributed by atoms with van der Waals surface area (Å²) in [6.45, 7) is 5.94. The first kappa shape index (κ1) is 17.9. The van der Waals surface area contributed by atoms with Gasteiger partial charge < -0.3 is 9.67 Å². The minimum atomic E-state index is -0.959. The molecule has 134 valence electrons. The lowest BCUT2D eigenvalue weighted by Crippen LogP contribution is -2.26. The van der Waals surface area contributed by atoms with Crippen LogP contribution in [-0.2, 0) is 17.8 Å². The van der Waals surface area contributed by atoms with Crippen molar-refractivity contribution in [1.82, 2.24) is 19.2 Å². The maximum absolute atomic E-state index is 12.8. The summed E-state index contributed by atoms with van der Waals surface area (Å²) in [6.07, 6.45) is 1.69. The van der Waals surface area contributed by atoms with Gasteiger partial charge in [0.25, 0.3) is 5.56 Å². The third-order valence-corrected chi connectivity index (χ3v) is 4.38. The van der Waals surface area contributed by atoms with Crippen LogP contribution in [0.3, 0.4) is 0 Å². The molecule has 0 saturated carbocycles. The highest BCUT2D eigenvalue weighted by atomic mass is 35.5. The van der Waals surface area contributed by atoms with Crippen molar-refractivity contribution in [3.8, 4) is 11.4 Å². The van der Waals surface area contributed by atoms with Crippen LogP contribution in [0.25, 0.3) is 17.2 Å². The van der Waals surface area contributed by atoms with Crippen LogP contribution in [0.2, 0.25) is 5.02 Å². The number of nitrogens with zero attached hydrogens (tertiary/aromatic N) is 4. The smallest absolute Gasteiger partial charge is 0.303 e. The second-order valence-electron chi connectivity index (χ2n) is 5.82. The number of aromatic nitrogens is 4. The minimum Gasteiger partial charge on any atom is -0.481 e. The van der Waals surface area contributed by atoms with Gasteiger partial charge in [0.2, 0.25) is 5.78 Å². The van der Waals surface area contributed by atoms with E-state index in [0.717, 1.165) is 5.56 Å². The van der Waals surface area contributed by atoms with Gasteiger partial charge in [0.05, 0.1) is 0 Å². The third-order valence-electron chi connectivity index (χ3n) is 4.13. The summed E-state index contributed by atoms with van der Waals surface area (Å²) in [6, 6.07) is 7.00. The molecule has 0 bridgehead atoms. The first-order valence-electron chi connectivity index (χ1n) is 8.00. The Morgan fingerprint density at radius 3 is 2.65 bits per heavy atom. The van der Waals surface area contributed by atoms with Gasteiger partial charge in [0, 0.05) is 34.8 Å². The Bertz CT molecular complexity index is 1050. The molecule has 0 unspecified atom stereocenters. The van der Waals surface area contributed by atoms with Crippen molar-refractivity contribution < 1.29 is 9.90 Å². The Hall–Kier alpha value is -2.93. The van der Waals surface area contributed by atoms with Crippen LogP contribution in [0.5, 0.6) is 0 Å². The van der Waals surface area contributed by atoms with E-state index < -0.39 is 5.97 Å². The fourth-order valence-electron chi connectivity index (χ4n) is 2.80. The number of carboxylic acids is 1. The van der Waals surface area contributed by atoms with Gasteiger partial charge in [-0.1, -0.05) is 17.7 Å². The monoisotopic (exact) mass is 372 g/mol. The molecule has 3 aromatic rings. The van der Waals surface area contributed by atoms with Crippen LogP contribution in [-0.4, -0.2) is 30.2 Å². The fourth-order valence-corrected chi connectivity index (χ4v) is 2.92.